The summed E-state index contributed by atoms with van der Waals surface area (Å²) >= 11 is 1.68. The third-order valence-electron chi connectivity index (χ3n) is 4.91. The summed E-state index contributed by atoms with van der Waals surface area (Å²) in [4.78, 5) is 8.09. The van der Waals surface area contributed by atoms with Gasteiger partial charge in [0.15, 0.2) is 5.82 Å². The highest BCUT2D eigenvalue weighted by Gasteiger charge is 2.19. The van der Waals surface area contributed by atoms with Crippen LogP contribution in [0.4, 0.5) is 4.39 Å². The first-order valence-corrected chi connectivity index (χ1v) is 9.82. The van der Waals surface area contributed by atoms with Crippen LogP contribution in [0, 0.1) is 5.82 Å². The molecule has 4 nitrogen and oxygen atoms in total. The number of likely N-dealkylation sites (tertiary alicyclic amines) is 1. The van der Waals surface area contributed by atoms with E-state index in [1.807, 2.05) is 10.8 Å². The van der Waals surface area contributed by atoms with E-state index in [-0.39, 0.29) is 18.5 Å². The minimum atomic E-state index is -0.280. The van der Waals surface area contributed by atoms with Crippen molar-refractivity contribution in [2.24, 2.45) is 0 Å². The summed E-state index contributed by atoms with van der Waals surface area (Å²) in [5, 5.41) is 12.1. The second-order valence-corrected chi connectivity index (χ2v) is 7.62. The molecular weight excluding hydrogens is 349 g/mol. The predicted octanol–water partition coefficient (Wildman–Crippen LogP) is 3.93. The molecule has 0 amide bonds. The monoisotopic (exact) mass is 371 g/mol. The van der Waals surface area contributed by atoms with Crippen LogP contribution in [0.2, 0.25) is 0 Å². The van der Waals surface area contributed by atoms with Crippen LogP contribution in [-0.4, -0.2) is 39.3 Å². The molecule has 1 aliphatic heterocycles. The van der Waals surface area contributed by atoms with Gasteiger partial charge < -0.3 is 9.67 Å². The number of aromatic nitrogens is 2. The summed E-state index contributed by atoms with van der Waals surface area (Å²) in [5.74, 6) is 0.562. The summed E-state index contributed by atoms with van der Waals surface area (Å²) < 4.78 is 15.2. The van der Waals surface area contributed by atoms with Crippen LogP contribution >= 0.6 is 11.3 Å². The summed E-state index contributed by atoms with van der Waals surface area (Å²) in [6, 6.07) is 8.20. The lowest BCUT2D eigenvalue weighted by molar-refractivity contribution is 0.250. The Morgan fingerprint density at radius 3 is 2.69 bits per heavy atom. The van der Waals surface area contributed by atoms with Crippen LogP contribution in [0.5, 0.6) is 0 Å². The number of nitrogens with zero attached hydrogens (tertiary/aromatic N) is 3. The number of rotatable bonds is 6. The Morgan fingerprint density at radius 1 is 1.19 bits per heavy atom. The summed E-state index contributed by atoms with van der Waals surface area (Å²) in [5.41, 5.74) is 2.17. The van der Waals surface area contributed by atoms with Crippen molar-refractivity contribution in [2.45, 2.75) is 25.4 Å². The number of halogens is 1. The highest BCUT2D eigenvalue weighted by atomic mass is 32.1. The first kappa shape index (κ1) is 17.4. The molecule has 0 aliphatic carbocycles. The van der Waals surface area contributed by atoms with E-state index in [1.165, 1.54) is 43.6 Å². The SMILES string of the molecule is OCC(c1ccc(F)cc1)n1ccnc1-c1cc(CN2CCCC2)cs1. The van der Waals surface area contributed by atoms with Crippen LogP contribution in [0.1, 0.15) is 30.0 Å². The molecule has 1 aliphatic rings. The Balaban J connectivity index is 1.59. The predicted molar refractivity (Wildman–Crippen MR) is 102 cm³/mol. The normalized spacial score (nSPS) is 16.2. The molecule has 1 saturated heterocycles. The topological polar surface area (TPSA) is 41.3 Å². The van der Waals surface area contributed by atoms with E-state index in [4.69, 9.17) is 0 Å². The van der Waals surface area contributed by atoms with E-state index in [1.54, 1.807) is 29.7 Å². The van der Waals surface area contributed by atoms with Crippen molar-refractivity contribution in [3.63, 3.8) is 0 Å². The maximum absolute atomic E-state index is 13.2. The lowest BCUT2D eigenvalue weighted by Crippen LogP contribution is -2.17. The molecule has 3 aromatic rings. The van der Waals surface area contributed by atoms with Crippen LogP contribution in [0.15, 0.2) is 48.1 Å². The van der Waals surface area contributed by atoms with Crippen molar-refractivity contribution in [1.82, 2.24) is 14.5 Å². The van der Waals surface area contributed by atoms with Crippen molar-refractivity contribution in [1.29, 1.82) is 0 Å². The average molecular weight is 371 g/mol. The zero-order chi connectivity index (χ0) is 17.9. The Morgan fingerprint density at radius 2 is 1.96 bits per heavy atom. The molecule has 1 unspecified atom stereocenters. The fraction of sp³-hybridized carbons (Fsp3) is 0.350. The molecule has 1 atom stereocenters. The molecule has 3 heterocycles. The quantitative estimate of drug-likeness (QED) is 0.714. The van der Waals surface area contributed by atoms with E-state index < -0.39 is 0 Å². The largest absolute Gasteiger partial charge is 0.394 e. The zero-order valence-corrected chi connectivity index (χ0v) is 15.3. The smallest absolute Gasteiger partial charge is 0.150 e. The molecule has 136 valence electrons. The fourth-order valence-corrected chi connectivity index (χ4v) is 4.47. The molecular formula is C20H22FN3OS. The van der Waals surface area contributed by atoms with Gasteiger partial charge in [-0.15, -0.1) is 11.3 Å². The van der Waals surface area contributed by atoms with E-state index in [0.29, 0.717) is 0 Å². The van der Waals surface area contributed by atoms with Gasteiger partial charge in [-0.25, -0.2) is 9.37 Å². The molecule has 4 rings (SSSR count). The van der Waals surface area contributed by atoms with Crippen molar-refractivity contribution in [3.8, 4) is 10.7 Å². The molecule has 0 saturated carbocycles. The molecule has 2 aromatic heterocycles. The highest BCUT2D eigenvalue weighted by molar-refractivity contribution is 7.13. The second-order valence-electron chi connectivity index (χ2n) is 6.71. The van der Waals surface area contributed by atoms with Gasteiger partial charge in [-0.2, -0.15) is 0 Å². The summed E-state index contributed by atoms with van der Waals surface area (Å²) in [7, 11) is 0. The number of benzene rings is 1. The highest BCUT2D eigenvalue weighted by Crippen LogP contribution is 2.31. The molecule has 1 aromatic carbocycles. The van der Waals surface area contributed by atoms with Gasteiger partial charge in [-0.1, -0.05) is 12.1 Å². The van der Waals surface area contributed by atoms with E-state index in [9.17, 15) is 9.50 Å². The summed E-state index contributed by atoms with van der Waals surface area (Å²) in [6.07, 6.45) is 6.20. The Kier molecular flexibility index (Phi) is 5.15. The van der Waals surface area contributed by atoms with E-state index in [2.05, 4.69) is 21.3 Å². The lowest BCUT2D eigenvalue weighted by Gasteiger charge is -2.18. The molecule has 0 bridgehead atoms. The minimum absolute atomic E-state index is 0.0684. The number of aliphatic hydroxyl groups is 1. The molecule has 0 spiro atoms. The summed E-state index contributed by atoms with van der Waals surface area (Å²) in [6.45, 7) is 3.27. The molecule has 1 fully saturated rings. The maximum atomic E-state index is 13.2. The molecule has 1 N–H and O–H groups in total. The van der Waals surface area contributed by atoms with Crippen LogP contribution < -0.4 is 0 Å². The van der Waals surface area contributed by atoms with Crippen molar-refractivity contribution < 1.29 is 9.50 Å². The van der Waals surface area contributed by atoms with Crippen molar-refractivity contribution in [2.75, 3.05) is 19.7 Å². The van der Waals surface area contributed by atoms with E-state index in [0.717, 1.165) is 22.8 Å². The third kappa shape index (κ3) is 3.58. The third-order valence-corrected chi connectivity index (χ3v) is 5.89. The van der Waals surface area contributed by atoms with Gasteiger partial charge in [0.25, 0.3) is 0 Å². The molecule has 26 heavy (non-hydrogen) atoms. The average Bonchev–Trinajstić information content (AvgIpc) is 3.39. The first-order chi connectivity index (χ1) is 12.7. The first-order valence-electron chi connectivity index (χ1n) is 8.94. The number of hydrogen-bond donors (Lipinski definition) is 1. The number of hydrogen-bond acceptors (Lipinski definition) is 4. The second kappa shape index (κ2) is 7.70. The number of imidazole rings is 1. The van der Waals surface area contributed by atoms with Crippen LogP contribution in [0.25, 0.3) is 10.7 Å². The van der Waals surface area contributed by atoms with Gasteiger partial charge in [0, 0.05) is 18.9 Å². The zero-order valence-electron chi connectivity index (χ0n) is 14.5. The van der Waals surface area contributed by atoms with Gasteiger partial charge in [0.2, 0.25) is 0 Å². The Bertz CT molecular complexity index is 852. The van der Waals surface area contributed by atoms with Gasteiger partial charge in [0.1, 0.15) is 5.82 Å². The number of thiophene rings is 1. The van der Waals surface area contributed by atoms with E-state index >= 15 is 0 Å². The number of aliphatic hydroxyl groups excluding tert-OH is 1. The van der Waals surface area contributed by atoms with Crippen LogP contribution in [0.3, 0.4) is 0 Å². The van der Waals surface area contributed by atoms with Gasteiger partial charge in [-0.05, 0) is 60.6 Å². The standard InChI is InChI=1S/C20H22FN3OS/c21-17-5-3-16(4-6-17)18(13-25)24-10-7-22-20(24)19-11-15(14-26-19)12-23-8-1-2-9-23/h3-7,10-11,14,18,25H,1-2,8-9,12-13H2. The van der Waals surface area contributed by atoms with Crippen molar-refractivity contribution >= 4 is 11.3 Å². The molecule has 6 heteroatoms. The Hall–Kier alpha value is -2.02. The van der Waals surface area contributed by atoms with Crippen molar-refractivity contribution in [3.05, 3.63) is 65.0 Å². The maximum Gasteiger partial charge on any atom is 0.150 e. The Labute approximate surface area is 156 Å². The van der Waals surface area contributed by atoms with Gasteiger partial charge in [0.05, 0.1) is 17.5 Å². The lowest BCUT2D eigenvalue weighted by atomic mass is 10.1. The van der Waals surface area contributed by atoms with Gasteiger partial charge in [-0.3, -0.25) is 4.90 Å². The fourth-order valence-electron chi connectivity index (χ4n) is 3.57. The van der Waals surface area contributed by atoms with Crippen LogP contribution in [-0.2, 0) is 6.54 Å². The minimum Gasteiger partial charge on any atom is -0.394 e. The van der Waals surface area contributed by atoms with Gasteiger partial charge >= 0.3 is 0 Å². The molecule has 0 radical (unpaired) electrons.